The minimum atomic E-state index is -1.00. The molecule has 0 radical (unpaired) electrons. The molecule has 0 spiro atoms. The van der Waals surface area contributed by atoms with Crippen molar-refractivity contribution in [1.29, 1.82) is 0 Å². The topological polar surface area (TPSA) is 163 Å². The third-order valence-corrected chi connectivity index (χ3v) is 10.9. The highest BCUT2D eigenvalue weighted by Crippen LogP contribution is 2.44. The largest absolute Gasteiger partial charge is 0.506 e. The van der Waals surface area contributed by atoms with Crippen molar-refractivity contribution < 1.29 is 53.1 Å². The van der Waals surface area contributed by atoms with Crippen molar-refractivity contribution in [3.05, 3.63) is 101 Å². The minimum Gasteiger partial charge on any atom is -0.506 e. The number of benzene rings is 3. The maximum atomic E-state index is 13.7. The normalized spacial score (nSPS) is 15.0. The van der Waals surface area contributed by atoms with Gasteiger partial charge in [0, 0.05) is 6.08 Å². The second-order valence-electron chi connectivity index (χ2n) is 13.2. The Kier molecular flexibility index (Phi) is 10.5. The summed E-state index contributed by atoms with van der Waals surface area (Å²) in [5.41, 5.74) is 5.53. The summed E-state index contributed by atoms with van der Waals surface area (Å²) in [7, 11) is 1.34. The van der Waals surface area contributed by atoms with Gasteiger partial charge in [0.25, 0.3) is 0 Å². The van der Waals surface area contributed by atoms with E-state index in [4.69, 9.17) is 18.9 Å². The Labute approximate surface area is 309 Å². The van der Waals surface area contributed by atoms with Crippen molar-refractivity contribution in [2.24, 2.45) is 5.92 Å². The zero-order valence-corrected chi connectivity index (χ0v) is 32.0. The quantitative estimate of drug-likeness (QED) is 0.172. The lowest BCUT2D eigenvalue weighted by molar-refractivity contribution is -0.137. The average molecular weight is 776 g/mol. The highest BCUT2D eigenvalue weighted by atomic mass is 79.9. The molecule has 2 N–H and O–H groups in total. The van der Waals surface area contributed by atoms with E-state index in [-0.39, 0.29) is 44.2 Å². The van der Waals surface area contributed by atoms with Gasteiger partial charge in [-0.25, -0.2) is 14.4 Å². The Morgan fingerprint density at radius 2 is 1.31 bits per heavy atom. The Hall–Kier alpha value is -5.23. The third-order valence-electron chi connectivity index (χ3n) is 10.1. The molecule has 2 aliphatic rings. The molecule has 0 heterocycles. The van der Waals surface area contributed by atoms with Crippen molar-refractivity contribution in [1.82, 2.24) is 0 Å². The van der Waals surface area contributed by atoms with Crippen LogP contribution in [0.5, 0.6) is 23.0 Å². The van der Waals surface area contributed by atoms with Crippen LogP contribution < -0.4 is 14.2 Å². The summed E-state index contributed by atoms with van der Waals surface area (Å²) < 4.78 is 22.7. The highest BCUT2D eigenvalue weighted by molar-refractivity contribution is 9.10. The molecular weight excluding hydrogens is 736 g/mol. The number of esters is 3. The molecule has 12 heteroatoms. The molecular formula is C40H39BrO11. The molecule has 1 unspecified atom stereocenters. The van der Waals surface area contributed by atoms with Crippen molar-refractivity contribution >= 4 is 45.6 Å². The van der Waals surface area contributed by atoms with E-state index in [1.807, 2.05) is 0 Å². The lowest BCUT2D eigenvalue weighted by Gasteiger charge is -2.23. The molecule has 0 aromatic heterocycles. The predicted octanol–water partition coefficient (Wildman–Crippen LogP) is 7.52. The number of halogens is 1. The fraction of sp³-hybridized carbons (Fsp3) is 0.325. The van der Waals surface area contributed by atoms with E-state index < -0.39 is 35.5 Å². The number of allylic oxidation sites excluding steroid dienone is 2. The van der Waals surface area contributed by atoms with Crippen LogP contribution in [0, 0.1) is 54.4 Å². The van der Waals surface area contributed by atoms with Gasteiger partial charge in [-0.05, 0) is 158 Å². The molecule has 0 bridgehead atoms. The predicted molar refractivity (Wildman–Crippen MR) is 194 cm³/mol. The summed E-state index contributed by atoms with van der Waals surface area (Å²) in [4.78, 5) is 64.7. The van der Waals surface area contributed by atoms with E-state index >= 15 is 0 Å². The van der Waals surface area contributed by atoms with Gasteiger partial charge in [0.05, 0.1) is 18.2 Å². The van der Waals surface area contributed by atoms with Crippen LogP contribution in [0.3, 0.4) is 0 Å². The lowest BCUT2D eigenvalue weighted by atomic mass is 9.92. The second kappa shape index (κ2) is 14.4. The molecule has 0 saturated carbocycles. The third kappa shape index (κ3) is 6.51. The smallest absolute Gasteiger partial charge is 0.347 e. The Morgan fingerprint density at radius 1 is 0.731 bits per heavy atom. The van der Waals surface area contributed by atoms with Gasteiger partial charge < -0.3 is 29.2 Å². The van der Waals surface area contributed by atoms with Gasteiger partial charge in [0.1, 0.15) is 39.0 Å². The van der Waals surface area contributed by atoms with Crippen LogP contribution in [0.1, 0.15) is 94.5 Å². The monoisotopic (exact) mass is 774 g/mol. The van der Waals surface area contributed by atoms with Gasteiger partial charge in [-0.15, -0.1) is 0 Å². The van der Waals surface area contributed by atoms with Gasteiger partial charge in [-0.2, -0.15) is 0 Å². The lowest BCUT2D eigenvalue weighted by Crippen LogP contribution is -2.28. The highest BCUT2D eigenvalue weighted by Gasteiger charge is 2.35. The number of fused-ring (bicyclic) bond motifs is 1. The molecule has 52 heavy (non-hydrogen) atoms. The maximum absolute atomic E-state index is 13.7. The summed E-state index contributed by atoms with van der Waals surface area (Å²) in [6.07, 6.45) is 4.47. The number of aromatic carboxylic acids is 1. The molecule has 0 fully saturated rings. The van der Waals surface area contributed by atoms with Gasteiger partial charge in [0.15, 0.2) is 11.5 Å². The number of hydrogen-bond acceptors (Lipinski definition) is 10. The molecule has 0 aliphatic heterocycles. The zero-order valence-electron chi connectivity index (χ0n) is 30.4. The summed E-state index contributed by atoms with van der Waals surface area (Å²) >= 11 is 3.28. The van der Waals surface area contributed by atoms with E-state index in [1.165, 1.54) is 19.3 Å². The number of methoxy groups -OCH3 is 1. The number of phenols is 1. The summed E-state index contributed by atoms with van der Waals surface area (Å²) in [6.45, 7) is 13.4. The van der Waals surface area contributed by atoms with E-state index in [0.29, 0.717) is 68.7 Å². The number of carboxylic acids is 1. The fourth-order valence-corrected chi connectivity index (χ4v) is 7.57. The molecule has 11 nitrogen and oxygen atoms in total. The number of carbonyl (C=O) groups is 5. The molecule has 2 aliphatic carbocycles. The Morgan fingerprint density at radius 3 is 1.94 bits per heavy atom. The summed E-state index contributed by atoms with van der Waals surface area (Å²) in [5, 5.41) is 21.1. The molecule has 0 saturated heterocycles. The van der Waals surface area contributed by atoms with E-state index in [0.717, 1.165) is 12.0 Å². The number of hydrogen-bond donors (Lipinski definition) is 2. The molecule has 3 aromatic carbocycles. The van der Waals surface area contributed by atoms with Gasteiger partial charge in [0.2, 0.25) is 0 Å². The zero-order chi connectivity index (χ0) is 38.5. The Bertz CT molecular complexity index is 2160. The van der Waals surface area contributed by atoms with E-state index in [9.17, 15) is 34.2 Å². The van der Waals surface area contributed by atoms with Crippen LogP contribution in [-0.2, 0) is 27.2 Å². The SMILES string of the molecule is COC1=CC(=O)C=C(C)C1C(=O)Oc1c(C)c(C)c(C(=O)Oc2cc(C)c(C(=O)Oc3c(C)c(C)c(C(=O)O)c4c3CCC4)c(C)c2C)c(O)c1Br. The molecule has 272 valence electrons. The average Bonchev–Trinajstić information content (AvgIpc) is 3.55. The van der Waals surface area contributed by atoms with Crippen LogP contribution in [0.25, 0.3) is 0 Å². The Balaban J connectivity index is 1.43. The number of ketones is 1. The fourth-order valence-electron chi connectivity index (χ4n) is 6.99. The van der Waals surface area contributed by atoms with Gasteiger partial charge in [-0.1, -0.05) is 0 Å². The molecule has 0 amide bonds. The number of aryl methyl sites for hydroxylation is 1. The molecule has 1 atom stereocenters. The first-order chi connectivity index (χ1) is 24.4. The maximum Gasteiger partial charge on any atom is 0.347 e. The van der Waals surface area contributed by atoms with Crippen LogP contribution in [0.15, 0.2) is 34.0 Å². The van der Waals surface area contributed by atoms with E-state index in [2.05, 4.69) is 15.9 Å². The standard InChI is InChI=1S/C40H39BrO11/c1-16-13-24(42)15-28(49-9)30(16)39(47)52-36-23(8)21(6)32(34(43)33(36)41)40(48)50-27-14-17(2)29(19(4)18(27)3)38(46)51-35-22(7)20(5)31(37(44)45)25-11-10-12-26(25)35/h13-15,30,43H,10-12H2,1-9H3,(H,44,45). The summed E-state index contributed by atoms with van der Waals surface area (Å²) in [5.74, 6) is -4.43. The number of rotatable bonds is 8. The van der Waals surface area contributed by atoms with E-state index in [1.54, 1.807) is 61.5 Å². The minimum absolute atomic E-state index is 0.0175. The van der Waals surface area contributed by atoms with Crippen molar-refractivity contribution in [3.8, 4) is 23.0 Å². The van der Waals surface area contributed by atoms with Crippen molar-refractivity contribution in [2.75, 3.05) is 7.11 Å². The number of carboxylic acid groups (broad SMARTS) is 1. The summed E-state index contributed by atoms with van der Waals surface area (Å²) in [6, 6.07) is 1.54. The molecule has 3 aromatic rings. The van der Waals surface area contributed by atoms with Gasteiger partial charge >= 0.3 is 23.9 Å². The van der Waals surface area contributed by atoms with Gasteiger partial charge in [-0.3, -0.25) is 9.59 Å². The van der Waals surface area contributed by atoms with Crippen molar-refractivity contribution in [2.45, 2.75) is 74.7 Å². The second-order valence-corrected chi connectivity index (χ2v) is 14.0. The first-order valence-electron chi connectivity index (χ1n) is 16.5. The van der Waals surface area contributed by atoms with Crippen LogP contribution in [0.4, 0.5) is 0 Å². The van der Waals surface area contributed by atoms with Crippen molar-refractivity contribution in [3.63, 3.8) is 0 Å². The molecule has 5 rings (SSSR count). The number of phenolic OH excluding ortho intramolecular Hbond substituents is 1. The number of carbonyl (C=O) groups excluding carboxylic acids is 4. The number of aromatic hydroxyl groups is 1. The van der Waals surface area contributed by atoms with Crippen LogP contribution in [-0.4, -0.2) is 47.0 Å². The number of ether oxygens (including phenoxy) is 4. The van der Waals surface area contributed by atoms with Crippen LogP contribution in [0.2, 0.25) is 0 Å². The first-order valence-corrected chi connectivity index (χ1v) is 17.3. The van der Waals surface area contributed by atoms with Crippen LogP contribution >= 0.6 is 15.9 Å². The first kappa shape index (κ1) is 38.0.